The first-order chi connectivity index (χ1) is 8.72. The molecular weight excluding hydrogens is 232 g/mol. The Bertz CT molecular complexity index is 426. The molecule has 5 heteroatoms. The highest BCUT2D eigenvalue weighted by atomic mass is 16.6. The number of unbranched alkanes of at least 4 members (excludes halogenated alkanes) is 2. The maximum atomic E-state index is 11.3. The molecule has 18 heavy (non-hydrogen) atoms. The first-order valence-electron chi connectivity index (χ1n) is 5.73. The maximum Gasteiger partial charge on any atom is 0.344 e. The highest BCUT2D eigenvalue weighted by Crippen LogP contribution is 2.14. The second-order valence-electron chi connectivity index (χ2n) is 3.70. The Morgan fingerprint density at radius 3 is 2.94 bits per heavy atom. The number of anilines is 1. The zero-order chi connectivity index (χ0) is 13.2. The molecule has 0 saturated heterocycles. The molecule has 0 unspecified atom stereocenters. The first-order valence-corrected chi connectivity index (χ1v) is 5.73. The van der Waals surface area contributed by atoms with Crippen LogP contribution in [0.1, 0.15) is 19.3 Å². The van der Waals surface area contributed by atoms with E-state index in [9.17, 15) is 4.79 Å². The molecule has 0 radical (unpaired) electrons. The number of nitrogen functional groups attached to an aromatic ring is 1. The molecule has 0 aromatic heterocycles. The van der Waals surface area contributed by atoms with Crippen LogP contribution in [-0.4, -0.2) is 19.2 Å². The number of nitrogens with zero attached hydrogens (tertiary/aromatic N) is 1. The van der Waals surface area contributed by atoms with Crippen molar-refractivity contribution >= 4 is 11.7 Å². The van der Waals surface area contributed by atoms with Crippen molar-refractivity contribution in [1.29, 1.82) is 5.26 Å². The average Bonchev–Trinajstić information content (AvgIpc) is 2.36. The van der Waals surface area contributed by atoms with Gasteiger partial charge in [-0.1, -0.05) is 6.07 Å². The third-order valence-electron chi connectivity index (χ3n) is 2.16. The Morgan fingerprint density at radius 1 is 1.39 bits per heavy atom. The van der Waals surface area contributed by atoms with Gasteiger partial charge in [0.1, 0.15) is 5.75 Å². The van der Waals surface area contributed by atoms with Crippen LogP contribution >= 0.6 is 0 Å². The van der Waals surface area contributed by atoms with Crippen molar-refractivity contribution < 1.29 is 14.3 Å². The smallest absolute Gasteiger partial charge is 0.344 e. The molecule has 0 aliphatic carbocycles. The number of hydrogen-bond donors (Lipinski definition) is 1. The average molecular weight is 248 g/mol. The predicted octanol–water partition coefficient (Wildman–Crippen LogP) is 1.88. The largest absolute Gasteiger partial charge is 0.482 e. The molecule has 0 spiro atoms. The lowest BCUT2D eigenvalue weighted by atomic mass is 10.3. The summed E-state index contributed by atoms with van der Waals surface area (Å²) in [4.78, 5) is 11.3. The van der Waals surface area contributed by atoms with Crippen molar-refractivity contribution in [2.45, 2.75) is 19.3 Å². The number of hydrogen-bond acceptors (Lipinski definition) is 5. The van der Waals surface area contributed by atoms with E-state index in [2.05, 4.69) is 0 Å². The molecule has 0 saturated carbocycles. The Kier molecular flexibility index (Phi) is 6.12. The number of benzene rings is 1. The number of nitrogens with two attached hydrogens (primary N) is 1. The van der Waals surface area contributed by atoms with Gasteiger partial charge in [-0.25, -0.2) is 4.79 Å². The van der Waals surface area contributed by atoms with Crippen LogP contribution < -0.4 is 10.5 Å². The summed E-state index contributed by atoms with van der Waals surface area (Å²) in [6, 6.07) is 8.87. The topological polar surface area (TPSA) is 85.3 Å². The molecule has 0 atom stereocenters. The van der Waals surface area contributed by atoms with Crippen molar-refractivity contribution in [3.63, 3.8) is 0 Å². The monoisotopic (exact) mass is 248 g/mol. The van der Waals surface area contributed by atoms with E-state index in [0.29, 0.717) is 30.9 Å². The number of carbonyl (C=O) groups is 1. The summed E-state index contributed by atoms with van der Waals surface area (Å²) < 4.78 is 10.2. The molecule has 5 nitrogen and oxygen atoms in total. The Hall–Kier alpha value is -2.22. The van der Waals surface area contributed by atoms with E-state index in [-0.39, 0.29) is 6.61 Å². The van der Waals surface area contributed by atoms with E-state index in [0.717, 1.165) is 6.42 Å². The second kappa shape index (κ2) is 7.96. The molecule has 1 aromatic carbocycles. The molecule has 0 heterocycles. The maximum absolute atomic E-state index is 11.3. The Labute approximate surface area is 106 Å². The van der Waals surface area contributed by atoms with Crippen molar-refractivity contribution in [2.24, 2.45) is 0 Å². The third-order valence-corrected chi connectivity index (χ3v) is 2.16. The van der Waals surface area contributed by atoms with Crippen LogP contribution in [0.4, 0.5) is 5.69 Å². The summed E-state index contributed by atoms with van der Waals surface area (Å²) in [5.74, 6) is 0.116. The van der Waals surface area contributed by atoms with Gasteiger partial charge >= 0.3 is 5.97 Å². The van der Waals surface area contributed by atoms with Gasteiger partial charge < -0.3 is 15.2 Å². The quantitative estimate of drug-likeness (QED) is 0.452. The predicted molar refractivity (Wildman–Crippen MR) is 66.8 cm³/mol. The molecule has 0 aliphatic heterocycles. The fourth-order valence-corrected chi connectivity index (χ4v) is 1.28. The van der Waals surface area contributed by atoms with Crippen molar-refractivity contribution in [3.8, 4) is 11.8 Å². The van der Waals surface area contributed by atoms with Gasteiger partial charge in [0.25, 0.3) is 0 Å². The minimum Gasteiger partial charge on any atom is -0.482 e. The van der Waals surface area contributed by atoms with E-state index in [4.69, 9.17) is 20.5 Å². The van der Waals surface area contributed by atoms with E-state index >= 15 is 0 Å². The van der Waals surface area contributed by atoms with Crippen LogP contribution in [-0.2, 0) is 9.53 Å². The van der Waals surface area contributed by atoms with Crippen molar-refractivity contribution in [1.82, 2.24) is 0 Å². The SMILES string of the molecule is N#CCCCCOC(=O)COc1cccc(N)c1. The van der Waals surface area contributed by atoms with Crippen LogP contribution in [0.2, 0.25) is 0 Å². The first kappa shape index (κ1) is 13.8. The van der Waals surface area contributed by atoms with E-state index in [1.54, 1.807) is 24.3 Å². The zero-order valence-corrected chi connectivity index (χ0v) is 10.1. The molecule has 2 N–H and O–H groups in total. The van der Waals surface area contributed by atoms with E-state index in [1.807, 2.05) is 6.07 Å². The van der Waals surface area contributed by atoms with Gasteiger partial charge in [-0.2, -0.15) is 5.26 Å². The Balaban J connectivity index is 2.15. The molecule has 0 amide bonds. The number of nitriles is 1. The third kappa shape index (κ3) is 5.75. The normalized spacial score (nSPS) is 9.50. The van der Waals surface area contributed by atoms with Gasteiger partial charge in [-0.05, 0) is 25.0 Å². The minimum absolute atomic E-state index is 0.137. The molecule has 0 bridgehead atoms. The molecule has 96 valence electrons. The van der Waals surface area contributed by atoms with Gasteiger partial charge in [0.2, 0.25) is 0 Å². The van der Waals surface area contributed by atoms with Gasteiger partial charge in [0.15, 0.2) is 6.61 Å². The molecule has 1 aromatic rings. The fraction of sp³-hybridized carbons (Fsp3) is 0.385. The van der Waals surface area contributed by atoms with Gasteiger partial charge in [0, 0.05) is 18.2 Å². The second-order valence-corrected chi connectivity index (χ2v) is 3.70. The number of ether oxygens (including phenoxy) is 2. The number of carbonyl (C=O) groups excluding carboxylic acids is 1. The summed E-state index contributed by atoms with van der Waals surface area (Å²) in [7, 11) is 0. The lowest BCUT2D eigenvalue weighted by Gasteiger charge is -2.07. The van der Waals surface area contributed by atoms with Gasteiger partial charge in [0.05, 0.1) is 12.7 Å². The van der Waals surface area contributed by atoms with E-state index < -0.39 is 5.97 Å². The van der Waals surface area contributed by atoms with Crippen molar-refractivity contribution in [3.05, 3.63) is 24.3 Å². The number of rotatable bonds is 7. The van der Waals surface area contributed by atoms with Crippen LogP contribution in [0.5, 0.6) is 5.75 Å². The lowest BCUT2D eigenvalue weighted by molar-refractivity contribution is -0.146. The van der Waals surface area contributed by atoms with Crippen LogP contribution in [0, 0.1) is 11.3 Å². The van der Waals surface area contributed by atoms with Gasteiger partial charge in [-0.3, -0.25) is 0 Å². The highest BCUT2D eigenvalue weighted by Gasteiger charge is 2.04. The van der Waals surface area contributed by atoms with Crippen LogP contribution in [0.25, 0.3) is 0 Å². The standard InChI is InChI=1S/C13H16N2O3/c14-7-2-1-3-8-17-13(16)10-18-12-6-4-5-11(15)9-12/h4-6,9H,1-3,8,10,15H2. The zero-order valence-electron chi connectivity index (χ0n) is 10.1. The summed E-state index contributed by atoms with van der Waals surface area (Å²) in [6.07, 6.45) is 1.91. The fourth-order valence-electron chi connectivity index (χ4n) is 1.28. The molecule has 0 aliphatic rings. The highest BCUT2D eigenvalue weighted by molar-refractivity contribution is 5.71. The molecule has 1 rings (SSSR count). The summed E-state index contributed by atoms with van der Waals surface area (Å²) >= 11 is 0. The van der Waals surface area contributed by atoms with E-state index in [1.165, 1.54) is 0 Å². The molecule has 0 fully saturated rings. The minimum atomic E-state index is -0.422. The van der Waals surface area contributed by atoms with Gasteiger partial charge in [-0.15, -0.1) is 0 Å². The lowest BCUT2D eigenvalue weighted by Crippen LogP contribution is -2.15. The summed E-state index contributed by atoms with van der Waals surface area (Å²) in [6.45, 7) is 0.183. The van der Waals surface area contributed by atoms with Crippen LogP contribution in [0.15, 0.2) is 24.3 Å². The number of esters is 1. The molecular formula is C13H16N2O3. The van der Waals surface area contributed by atoms with Crippen LogP contribution in [0.3, 0.4) is 0 Å². The summed E-state index contributed by atoms with van der Waals surface area (Å²) in [5.41, 5.74) is 6.15. The Morgan fingerprint density at radius 2 is 2.22 bits per heavy atom. The van der Waals surface area contributed by atoms with Crippen molar-refractivity contribution in [2.75, 3.05) is 18.9 Å². The summed E-state index contributed by atoms with van der Waals surface area (Å²) in [5, 5.41) is 8.32.